The second-order valence-corrected chi connectivity index (χ2v) is 7.45. The quantitative estimate of drug-likeness (QED) is 0.623. The van der Waals surface area contributed by atoms with Gasteiger partial charge in [-0.25, -0.2) is 0 Å². The first kappa shape index (κ1) is 17.5. The first-order valence-corrected chi connectivity index (χ1v) is 9.35. The Kier molecular flexibility index (Phi) is 3.94. The van der Waals surface area contributed by atoms with Crippen molar-refractivity contribution in [3.63, 3.8) is 0 Å². The Bertz CT molecular complexity index is 890. The molecule has 0 aromatic heterocycles. The van der Waals surface area contributed by atoms with Crippen LogP contribution in [0.15, 0.2) is 23.1 Å². The van der Waals surface area contributed by atoms with Gasteiger partial charge in [-0.2, -0.15) is 8.42 Å². The van der Waals surface area contributed by atoms with E-state index in [1.165, 1.54) is 11.0 Å². The highest BCUT2D eigenvalue weighted by atomic mass is 32.3. The van der Waals surface area contributed by atoms with Crippen molar-refractivity contribution in [2.24, 2.45) is 5.92 Å². The highest BCUT2D eigenvalue weighted by Gasteiger charge is 2.62. The molecule has 7 nitrogen and oxygen atoms in total. The number of carbonyl (C=O) groups is 3. The van der Waals surface area contributed by atoms with Crippen LogP contribution in [0.2, 0.25) is 0 Å². The zero-order valence-electron chi connectivity index (χ0n) is 13.7. The third-order valence-electron chi connectivity index (χ3n) is 4.88. The third-order valence-corrected chi connectivity index (χ3v) is 5.70. The Labute approximate surface area is 144 Å². The number of carbonyl (C=O) groups excluding carboxylic acids is 3. The average molecular weight is 368 g/mol. The van der Waals surface area contributed by atoms with Crippen LogP contribution in [0.25, 0.3) is 0 Å². The second-order valence-electron chi connectivity index (χ2n) is 6.10. The SMILES string of the molecule is CC.O=C1NC(=O)C2(N3Cc4ccc(S(=O)(=O)F)cc4C3=O)CC1C2. The van der Waals surface area contributed by atoms with Crippen LogP contribution in [0.3, 0.4) is 0 Å². The van der Waals surface area contributed by atoms with E-state index in [0.29, 0.717) is 5.56 Å². The number of amides is 3. The van der Waals surface area contributed by atoms with Crippen molar-refractivity contribution in [3.8, 4) is 0 Å². The molecule has 2 saturated heterocycles. The fraction of sp³-hybridized carbons (Fsp3) is 0.438. The largest absolute Gasteiger partial charge is 0.332 e. The lowest BCUT2D eigenvalue weighted by Gasteiger charge is -2.53. The highest BCUT2D eigenvalue weighted by Crippen LogP contribution is 2.48. The predicted molar refractivity (Wildman–Crippen MR) is 84.6 cm³/mol. The molecule has 0 atom stereocenters. The zero-order chi connectivity index (χ0) is 18.6. The summed E-state index contributed by atoms with van der Waals surface area (Å²) < 4.78 is 35.1. The Morgan fingerprint density at radius 3 is 2.40 bits per heavy atom. The fourth-order valence-electron chi connectivity index (χ4n) is 3.58. The zero-order valence-corrected chi connectivity index (χ0v) is 14.5. The van der Waals surface area contributed by atoms with Crippen LogP contribution < -0.4 is 5.32 Å². The van der Waals surface area contributed by atoms with Gasteiger partial charge in [-0.05, 0) is 30.5 Å². The van der Waals surface area contributed by atoms with Crippen molar-refractivity contribution < 1.29 is 26.7 Å². The number of halogens is 1. The van der Waals surface area contributed by atoms with E-state index in [1.807, 2.05) is 13.8 Å². The minimum absolute atomic E-state index is 0.0752. The molecule has 3 aliphatic heterocycles. The van der Waals surface area contributed by atoms with Gasteiger partial charge in [-0.1, -0.05) is 19.9 Å². The summed E-state index contributed by atoms with van der Waals surface area (Å²) in [4.78, 5) is 37.0. The average Bonchev–Trinajstić information content (AvgIpc) is 2.84. The molecule has 1 aliphatic carbocycles. The maximum Gasteiger partial charge on any atom is 0.332 e. The molecular weight excluding hydrogens is 351 g/mol. The number of piperidine rings is 2. The summed E-state index contributed by atoms with van der Waals surface area (Å²) in [6.45, 7) is 4.13. The monoisotopic (exact) mass is 368 g/mol. The Morgan fingerprint density at radius 1 is 1.20 bits per heavy atom. The van der Waals surface area contributed by atoms with Gasteiger partial charge in [-0.15, -0.1) is 3.89 Å². The third kappa shape index (κ3) is 2.45. The standard InChI is InChI=1S/C14H11FN2O5S.C2H6/c15-23(21,22)9-2-1-7-6-17(12(19)10(7)3-9)14-4-8(5-14)11(18)16-13(14)20;1-2/h1-3,8H,4-6H2,(H,16,18,20);1-2H3. The molecule has 0 unspecified atom stereocenters. The smallest absolute Gasteiger partial charge is 0.319 e. The minimum atomic E-state index is -4.91. The van der Waals surface area contributed by atoms with Crippen LogP contribution in [0.4, 0.5) is 3.89 Å². The number of nitrogens with one attached hydrogen (secondary N) is 1. The number of imide groups is 1. The number of fused-ring (bicyclic) bond motifs is 3. The van der Waals surface area contributed by atoms with Crippen LogP contribution in [-0.2, 0) is 26.4 Å². The van der Waals surface area contributed by atoms with Gasteiger partial charge in [0.05, 0.1) is 4.90 Å². The number of benzene rings is 1. The van der Waals surface area contributed by atoms with Crippen LogP contribution in [0.5, 0.6) is 0 Å². The Hall–Kier alpha value is -2.29. The van der Waals surface area contributed by atoms with Crippen molar-refractivity contribution >= 4 is 27.9 Å². The molecule has 1 aromatic rings. The number of nitrogens with zero attached hydrogens (tertiary/aromatic N) is 1. The maximum absolute atomic E-state index is 13.1. The molecule has 0 radical (unpaired) electrons. The van der Waals surface area contributed by atoms with Crippen molar-refractivity contribution in [2.75, 3.05) is 0 Å². The molecule has 1 aromatic carbocycles. The molecule has 2 bridgehead atoms. The van der Waals surface area contributed by atoms with Crippen molar-refractivity contribution in [1.82, 2.24) is 10.2 Å². The molecule has 0 spiro atoms. The first-order chi connectivity index (χ1) is 11.7. The van der Waals surface area contributed by atoms with Gasteiger partial charge in [0.2, 0.25) is 5.91 Å². The lowest BCUT2D eigenvalue weighted by molar-refractivity contribution is -0.160. The van der Waals surface area contributed by atoms with E-state index in [-0.39, 0.29) is 36.8 Å². The van der Waals surface area contributed by atoms with Crippen molar-refractivity contribution in [1.29, 1.82) is 0 Å². The lowest BCUT2D eigenvalue weighted by Crippen LogP contribution is -2.73. The normalized spacial score (nSPS) is 27.1. The molecular formula is C16H17FN2O5S. The number of hydrogen-bond donors (Lipinski definition) is 1. The van der Waals surface area contributed by atoms with Crippen molar-refractivity contribution in [3.05, 3.63) is 29.3 Å². The van der Waals surface area contributed by atoms with Crippen molar-refractivity contribution in [2.45, 2.75) is 43.7 Å². The summed E-state index contributed by atoms with van der Waals surface area (Å²) in [6.07, 6.45) is 0.539. The second kappa shape index (κ2) is 5.62. The van der Waals surface area contributed by atoms with E-state index < -0.39 is 32.5 Å². The summed E-state index contributed by atoms with van der Waals surface area (Å²) in [7, 11) is -4.91. The molecule has 1 N–H and O–H groups in total. The van der Waals surface area contributed by atoms with Crippen LogP contribution in [-0.4, -0.2) is 36.6 Å². The van der Waals surface area contributed by atoms with Crippen LogP contribution in [0, 0.1) is 5.92 Å². The van der Waals surface area contributed by atoms with E-state index in [4.69, 9.17) is 0 Å². The molecule has 9 heteroatoms. The topological polar surface area (TPSA) is 101 Å². The van der Waals surface area contributed by atoms with Crippen LogP contribution >= 0.6 is 0 Å². The van der Waals surface area contributed by atoms with Gasteiger partial charge in [-0.3, -0.25) is 19.7 Å². The summed E-state index contributed by atoms with van der Waals surface area (Å²) in [5, 5.41) is 2.25. The van der Waals surface area contributed by atoms with Gasteiger partial charge in [0, 0.05) is 18.0 Å². The number of rotatable bonds is 2. The summed E-state index contributed by atoms with van der Waals surface area (Å²) in [6, 6.07) is 3.46. The van der Waals surface area contributed by atoms with E-state index in [1.54, 1.807) is 0 Å². The Morgan fingerprint density at radius 2 is 1.84 bits per heavy atom. The molecule has 4 aliphatic rings. The van der Waals surface area contributed by atoms with Gasteiger partial charge >= 0.3 is 10.2 Å². The molecule has 25 heavy (non-hydrogen) atoms. The van der Waals surface area contributed by atoms with Gasteiger partial charge in [0.15, 0.2) is 0 Å². The molecule has 5 rings (SSSR count). The van der Waals surface area contributed by atoms with E-state index in [0.717, 1.165) is 12.1 Å². The first-order valence-electron chi connectivity index (χ1n) is 7.97. The molecule has 1 saturated carbocycles. The summed E-state index contributed by atoms with van der Waals surface area (Å²) >= 11 is 0. The van der Waals surface area contributed by atoms with Gasteiger partial charge in [0.1, 0.15) is 5.54 Å². The molecule has 134 valence electrons. The summed E-state index contributed by atoms with van der Waals surface area (Å²) in [5.41, 5.74) is -0.458. The van der Waals surface area contributed by atoms with E-state index >= 15 is 0 Å². The minimum Gasteiger partial charge on any atom is -0.319 e. The van der Waals surface area contributed by atoms with Gasteiger partial charge in [0.25, 0.3) is 11.8 Å². The van der Waals surface area contributed by atoms with E-state index in [9.17, 15) is 26.7 Å². The van der Waals surface area contributed by atoms with Crippen LogP contribution in [0.1, 0.15) is 42.6 Å². The molecule has 3 heterocycles. The maximum atomic E-state index is 13.1. The molecule has 3 amide bonds. The van der Waals surface area contributed by atoms with E-state index in [2.05, 4.69) is 5.32 Å². The number of hydrogen-bond acceptors (Lipinski definition) is 5. The molecule has 3 fully saturated rings. The summed E-state index contributed by atoms with van der Waals surface area (Å²) in [5.74, 6) is -1.64. The lowest BCUT2D eigenvalue weighted by atomic mass is 9.63. The Balaban J connectivity index is 0.000000880. The van der Waals surface area contributed by atoms with Gasteiger partial charge < -0.3 is 4.90 Å². The fourth-order valence-corrected chi connectivity index (χ4v) is 4.07. The highest BCUT2D eigenvalue weighted by molar-refractivity contribution is 7.86. The predicted octanol–water partition coefficient (Wildman–Crippen LogP) is 1.13.